The van der Waals surface area contributed by atoms with Crippen molar-refractivity contribution in [2.24, 2.45) is 0 Å². The molecule has 1 aromatic carbocycles. The first-order valence-corrected chi connectivity index (χ1v) is 6.58. The smallest absolute Gasteiger partial charge is 0.0446 e. The van der Waals surface area contributed by atoms with Crippen LogP contribution in [-0.2, 0) is 5.41 Å². The second-order valence-corrected chi connectivity index (χ2v) is 5.68. The molecule has 1 spiro atoms. The molecule has 1 unspecified atom stereocenters. The van der Waals surface area contributed by atoms with E-state index in [0.29, 0.717) is 11.3 Å². The van der Waals surface area contributed by atoms with Gasteiger partial charge in [0.25, 0.3) is 0 Å². The first kappa shape index (κ1) is 10.6. The van der Waals surface area contributed by atoms with Crippen LogP contribution in [0.1, 0.15) is 42.7 Å². The summed E-state index contributed by atoms with van der Waals surface area (Å²) in [6.07, 6.45) is 5.33. The molecule has 0 aromatic heterocycles. The molecule has 2 aliphatic carbocycles. The van der Waals surface area contributed by atoms with E-state index in [2.05, 4.69) is 23.5 Å². The van der Waals surface area contributed by atoms with E-state index < -0.39 is 0 Å². The molecule has 1 saturated carbocycles. The van der Waals surface area contributed by atoms with Crippen molar-refractivity contribution >= 4 is 11.6 Å². The fourth-order valence-electron chi connectivity index (χ4n) is 3.28. The summed E-state index contributed by atoms with van der Waals surface area (Å²) in [6, 6.07) is 6.44. The first-order chi connectivity index (χ1) is 7.77. The van der Waals surface area contributed by atoms with Gasteiger partial charge < -0.3 is 5.32 Å². The molecule has 0 bridgehead atoms. The summed E-state index contributed by atoms with van der Waals surface area (Å²) in [5.41, 5.74) is 3.45. The molecule has 0 amide bonds. The van der Waals surface area contributed by atoms with Crippen molar-refractivity contribution in [1.82, 2.24) is 5.32 Å². The average molecular weight is 236 g/mol. The molecule has 2 heteroatoms. The molecule has 16 heavy (non-hydrogen) atoms. The molecule has 2 aliphatic rings. The number of benzene rings is 1. The third-order valence-corrected chi connectivity index (χ3v) is 4.61. The van der Waals surface area contributed by atoms with Gasteiger partial charge in [0.05, 0.1) is 0 Å². The summed E-state index contributed by atoms with van der Waals surface area (Å²) in [5.74, 6) is 0.657. The molecule has 1 aromatic rings. The molecule has 1 N–H and O–H groups in total. The van der Waals surface area contributed by atoms with Crippen molar-refractivity contribution in [2.45, 2.75) is 37.0 Å². The standard InChI is InChI=1S/C14H18ClN/c1-16-9-10-5-6-14(7-8-14)13-11(10)3-2-4-12(13)15/h2-4,10,16H,5-9H2,1H3. The average Bonchev–Trinajstić information content (AvgIpc) is 3.04. The van der Waals surface area contributed by atoms with Crippen LogP contribution in [0.2, 0.25) is 5.02 Å². The summed E-state index contributed by atoms with van der Waals surface area (Å²) in [6.45, 7) is 1.07. The molecule has 1 atom stereocenters. The maximum absolute atomic E-state index is 6.41. The van der Waals surface area contributed by atoms with E-state index in [1.54, 1.807) is 0 Å². The van der Waals surface area contributed by atoms with Gasteiger partial charge in [0.15, 0.2) is 0 Å². The lowest BCUT2D eigenvalue weighted by Gasteiger charge is -2.32. The fourth-order valence-corrected chi connectivity index (χ4v) is 3.66. The van der Waals surface area contributed by atoms with Gasteiger partial charge in [-0.05, 0) is 61.3 Å². The zero-order chi connectivity index (χ0) is 11.2. The summed E-state index contributed by atoms with van der Waals surface area (Å²) < 4.78 is 0. The van der Waals surface area contributed by atoms with Crippen molar-refractivity contribution in [2.75, 3.05) is 13.6 Å². The molecule has 3 rings (SSSR count). The zero-order valence-corrected chi connectivity index (χ0v) is 10.5. The number of likely N-dealkylation sites (N-methyl/N-ethyl adjacent to an activating group) is 1. The summed E-state index contributed by atoms with van der Waals surface area (Å²) >= 11 is 6.41. The van der Waals surface area contributed by atoms with Gasteiger partial charge in [0.1, 0.15) is 0 Å². The van der Waals surface area contributed by atoms with Gasteiger partial charge >= 0.3 is 0 Å². The number of halogens is 1. The van der Waals surface area contributed by atoms with E-state index >= 15 is 0 Å². The Morgan fingerprint density at radius 1 is 1.38 bits per heavy atom. The minimum Gasteiger partial charge on any atom is -0.319 e. The van der Waals surface area contributed by atoms with Crippen LogP contribution in [0.4, 0.5) is 0 Å². The molecule has 1 fully saturated rings. The number of rotatable bonds is 2. The van der Waals surface area contributed by atoms with Crippen LogP contribution >= 0.6 is 11.6 Å². The summed E-state index contributed by atoms with van der Waals surface area (Å²) in [5, 5.41) is 4.30. The highest BCUT2D eigenvalue weighted by molar-refractivity contribution is 6.31. The van der Waals surface area contributed by atoms with Crippen LogP contribution in [0.15, 0.2) is 18.2 Å². The van der Waals surface area contributed by atoms with Crippen molar-refractivity contribution in [3.8, 4) is 0 Å². The largest absolute Gasteiger partial charge is 0.319 e. The lowest BCUT2D eigenvalue weighted by atomic mass is 9.74. The van der Waals surface area contributed by atoms with E-state index in [4.69, 9.17) is 11.6 Å². The Kier molecular flexibility index (Phi) is 2.49. The second-order valence-electron chi connectivity index (χ2n) is 5.28. The van der Waals surface area contributed by atoms with E-state index in [9.17, 15) is 0 Å². The van der Waals surface area contributed by atoms with Crippen LogP contribution in [0.25, 0.3) is 0 Å². The minimum absolute atomic E-state index is 0.470. The van der Waals surface area contributed by atoms with Gasteiger partial charge in [-0.15, -0.1) is 0 Å². The molecule has 86 valence electrons. The van der Waals surface area contributed by atoms with Crippen LogP contribution in [0.5, 0.6) is 0 Å². The highest BCUT2D eigenvalue weighted by Crippen LogP contribution is 2.59. The monoisotopic (exact) mass is 235 g/mol. The predicted molar refractivity (Wildman–Crippen MR) is 68.3 cm³/mol. The lowest BCUT2D eigenvalue weighted by molar-refractivity contribution is 0.459. The van der Waals surface area contributed by atoms with E-state index in [-0.39, 0.29) is 0 Å². The third kappa shape index (κ3) is 1.49. The quantitative estimate of drug-likeness (QED) is 0.828. The maximum atomic E-state index is 6.41. The fraction of sp³-hybridized carbons (Fsp3) is 0.571. The Hall–Kier alpha value is -0.530. The molecular weight excluding hydrogens is 218 g/mol. The Bertz CT molecular complexity index is 409. The Morgan fingerprint density at radius 2 is 2.19 bits per heavy atom. The summed E-state index contributed by atoms with van der Waals surface area (Å²) in [7, 11) is 2.03. The van der Waals surface area contributed by atoms with Gasteiger partial charge in [-0.3, -0.25) is 0 Å². The van der Waals surface area contributed by atoms with E-state index in [1.807, 2.05) is 7.05 Å². The maximum Gasteiger partial charge on any atom is 0.0446 e. The van der Waals surface area contributed by atoms with Gasteiger partial charge in [-0.25, -0.2) is 0 Å². The molecular formula is C14H18ClN. The molecule has 1 nitrogen and oxygen atoms in total. The molecule has 0 aliphatic heterocycles. The van der Waals surface area contributed by atoms with Crippen molar-refractivity contribution < 1.29 is 0 Å². The SMILES string of the molecule is CNCC1CCC2(CC2)c2c(Cl)cccc21. The topological polar surface area (TPSA) is 12.0 Å². The van der Waals surface area contributed by atoms with Crippen molar-refractivity contribution in [3.63, 3.8) is 0 Å². The van der Waals surface area contributed by atoms with Crippen molar-refractivity contribution in [1.29, 1.82) is 0 Å². The predicted octanol–water partition coefficient (Wildman–Crippen LogP) is 3.47. The van der Waals surface area contributed by atoms with Gasteiger partial charge in [0.2, 0.25) is 0 Å². The van der Waals surface area contributed by atoms with Gasteiger partial charge in [-0.2, -0.15) is 0 Å². The van der Waals surface area contributed by atoms with Gasteiger partial charge in [-0.1, -0.05) is 23.7 Å². The lowest BCUT2D eigenvalue weighted by Crippen LogP contribution is -2.26. The minimum atomic E-state index is 0.470. The molecule has 0 radical (unpaired) electrons. The normalized spacial score (nSPS) is 25.5. The van der Waals surface area contributed by atoms with E-state index in [1.165, 1.54) is 36.8 Å². The number of hydrogen-bond acceptors (Lipinski definition) is 1. The third-order valence-electron chi connectivity index (χ3n) is 4.29. The van der Waals surface area contributed by atoms with Crippen LogP contribution < -0.4 is 5.32 Å². The van der Waals surface area contributed by atoms with Crippen LogP contribution in [0, 0.1) is 0 Å². The van der Waals surface area contributed by atoms with Gasteiger partial charge in [0, 0.05) is 11.6 Å². The highest BCUT2D eigenvalue weighted by atomic mass is 35.5. The molecule has 0 saturated heterocycles. The number of nitrogens with one attached hydrogen (secondary N) is 1. The molecule has 0 heterocycles. The summed E-state index contributed by atoms with van der Waals surface area (Å²) in [4.78, 5) is 0. The van der Waals surface area contributed by atoms with Crippen LogP contribution in [0.3, 0.4) is 0 Å². The van der Waals surface area contributed by atoms with E-state index in [0.717, 1.165) is 11.6 Å². The Labute approximate surface area is 102 Å². The number of hydrogen-bond donors (Lipinski definition) is 1. The first-order valence-electron chi connectivity index (χ1n) is 6.20. The number of fused-ring (bicyclic) bond motifs is 2. The van der Waals surface area contributed by atoms with Crippen LogP contribution in [-0.4, -0.2) is 13.6 Å². The highest BCUT2D eigenvalue weighted by Gasteiger charge is 2.49. The Balaban J connectivity index is 2.07. The zero-order valence-electron chi connectivity index (χ0n) is 9.72. The second kappa shape index (κ2) is 3.75. The Morgan fingerprint density at radius 3 is 2.88 bits per heavy atom. The van der Waals surface area contributed by atoms with Crippen molar-refractivity contribution in [3.05, 3.63) is 34.3 Å².